The minimum absolute atomic E-state index is 0.396. The van der Waals surface area contributed by atoms with Gasteiger partial charge < -0.3 is 10.1 Å². The van der Waals surface area contributed by atoms with E-state index in [1.165, 1.54) is 0 Å². The van der Waals surface area contributed by atoms with Crippen molar-refractivity contribution in [2.24, 2.45) is 0 Å². The summed E-state index contributed by atoms with van der Waals surface area (Å²) in [6.07, 6.45) is 2.28. The number of nitrogens with zero attached hydrogens (tertiary/aromatic N) is 2. The molecule has 2 heterocycles. The van der Waals surface area contributed by atoms with Crippen LogP contribution in [0, 0.1) is 13.8 Å². The number of hydrogen-bond donors (Lipinski definition) is 1. The molecule has 0 radical (unpaired) electrons. The molecule has 1 aliphatic rings. The Morgan fingerprint density at radius 1 is 1.40 bits per heavy atom. The van der Waals surface area contributed by atoms with E-state index < -0.39 is 0 Å². The van der Waals surface area contributed by atoms with Crippen LogP contribution in [0.25, 0.3) is 0 Å². The fourth-order valence-electron chi connectivity index (χ4n) is 1.85. The summed E-state index contributed by atoms with van der Waals surface area (Å²) >= 11 is 0. The number of aromatic nitrogens is 2. The van der Waals surface area contributed by atoms with Gasteiger partial charge in [0.15, 0.2) is 0 Å². The molecule has 0 amide bonds. The Bertz CT molecular complexity index is 314. The lowest BCUT2D eigenvalue weighted by Gasteiger charge is -2.23. The average molecular weight is 207 g/mol. The highest BCUT2D eigenvalue weighted by molar-refractivity contribution is 5.36. The normalized spacial score (nSPS) is 21.3. The van der Waals surface area contributed by atoms with Crippen molar-refractivity contribution in [1.29, 1.82) is 0 Å². The van der Waals surface area contributed by atoms with Crippen LogP contribution >= 0.6 is 0 Å². The summed E-state index contributed by atoms with van der Waals surface area (Å²) < 4.78 is 5.41. The SMILES string of the molecule is Cc1cc(NC2CCCOC2)nc(C)n1. The van der Waals surface area contributed by atoms with Gasteiger partial charge in [0, 0.05) is 18.4 Å². The molecular formula is C11H17N3O. The van der Waals surface area contributed by atoms with Gasteiger partial charge in [0.1, 0.15) is 11.6 Å². The van der Waals surface area contributed by atoms with Crippen molar-refractivity contribution in [3.8, 4) is 0 Å². The van der Waals surface area contributed by atoms with Crippen molar-refractivity contribution < 1.29 is 4.74 Å². The molecule has 0 saturated carbocycles. The van der Waals surface area contributed by atoms with E-state index in [2.05, 4.69) is 15.3 Å². The van der Waals surface area contributed by atoms with Gasteiger partial charge in [-0.3, -0.25) is 0 Å². The fraction of sp³-hybridized carbons (Fsp3) is 0.636. The molecule has 2 rings (SSSR count). The standard InChI is InChI=1S/C11H17N3O/c1-8-6-11(13-9(2)12-8)14-10-4-3-5-15-7-10/h6,10H,3-5,7H2,1-2H3,(H,12,13,14). The molecule has 1 fully saturated rings. The zero-order valence-electron chi connectivity index (χ0n) is 9.29. The van der Waals surface area contributed by atoms with Crippen LogP contribution in [-0.4, -0.2) is 29.2 Å². The van der Waals surface area contributed by atoms with Gasteiger partial charge in [0.25, 0.3) is 0 Å². The molecule has 4 nitrogen and oxygen atoms in total. The largest absolute Gasteiger partial charge is 0.379 e. The molecule has 0 aliphatic carbocycles. The first-order valence-corrected chi connectivity index (χ1v) is 5.40. The van der Waals surface area contributed by atoms with E-state index >= 15 is 0 Å². The second-order valence-electron chi connectivity index (χ2n) is 4.00. The van der Waals surface area contributed by atoms with Crippen LogP contribution < -0.4 is 5.32 Å². The van der Waals surface area contributed by atoms with Crippen molar-refractivity contribution in [3.05, 3.63) is 17.6 Å². The predicted octanol–water partition coefficient (Wildman–Crippen LogP) is 1.68. The molecule has 82 valence electrons. The minimum Gasteiger partial charge on any atom is -0.379 e. The summed E-state index contributed by atoms with van der Waals surface area (Å²) in [5, 5.41) is 3.39. The summed E-state index contributed by atoms with van der Waals surface area (Å²) in [5.74, 6) is 1.73. The summed E-state index contributed by atoms with van der Waals surface area (Å²) in [5.41, 5.74) is 1.00. The van der Waals surface area contributed by atoms with E-state index in [-0.39, 0.29) is 0 Å². The van der Waals surface area contributed by atoms with Crippen LogP contribution in [0.1, 0.15) is 24.4 Å². The van der Waals surface area contributed by atoms with Gasteiger partial charge >= 0.3 is 0 Å². The number of ether oxygens (including phenoxy) is 1. The van der Waals surface area contributed by atoms with Gasteiger partial charge in [0.05, 0.1) is 12.6 Å². The van der Waals surface area contributed by atoms with E-state index in [0.29, 0.717) is 6.04 Å². The number of rotatable bonds is 2. The first-order chi connectivity index (χ1) is 7.24. The molecule has 4 heteroatoms. The van der Waals surface area contributed by atoms with Gasteiger partial charge in [-0.15, -0.1) is 0 Å². The lowest BCUT2D eigenvalue weighted by molar-refractivity contribution is 0.0875. The molecule has 1 atom stereocenters. The third-order valence-electron chi connectivity index (χ3n) is 2.48. The second kappa shape index (κ2) is 4.57. The smallest absolute Gasteiger partial charge is 0.130 e. The zero-order valence-corrected chi connectivity index (χ0v) is 9.29. The highest BCUT2D eigenvalue weighted by Crippen LogP contribution is 2.13. The Labute approximate surface area is 90.1 Å². The van der Waals surface area contributed by atoms with Crippen molar-refractivity contribution in [2.75, 3.05) is 18.5 Å². The lowest BCUT2D eigenvalue weighted by atomic mass is 10.1. The third-order valence-corrected chi connectivity index (χ3v) is 2.48. The Kier molecular flexibility index (Phi) is 3.16. The summed E-state index contributed by atoms with van der Waals surface area (Å²) in [6, 6.07) is 2.37. The van der Waals surface area contributed by atoms with Crippen LogP contribution in [0.4, 0.5) is 5.82 Å². The zero-order chi connectivity index (χ0) is 10.7. The molecule has 1 unspecified atom stereocenters. The molecule has 1 aliphatic heterocycles. The van der Waals surface area contributed by atoms with Crippen LogP contribution in [-0.2, 0) is 4.74 Å². The van der Waals surface area contributed by atoms with Crippen LogP contribution in [0.2, 0.25) is 0 Å². The summed E-state index contributed by atoms with van der Waals surface area (Å²) in [6.45, 7) is 5.56. The highest BCUT2D eigenvalue weighted by atomic mass is 16.5. The molecule has 1 saturated heterocycles. The quantitative estimate of drug-likeness (QED) is 0.801. The molecule has 0 aromatic carbocycles. The monoisotopic (exact) mass is 207 g/mol. The van der Waals surface area contributed by atoms with E-state index in [0.717, 1.165) is 43.4 Å². The topological polar surface area (TPSA) is 47.0 Å². The molecule has 0 spiro atoms. The van der Waals surface area contributed by atoms with Gasteiger partial charge in [0.2, 0.25) is 0 Å². The van der Waals surface area contributed by atoms with Crippen molar-refractivity contribution in [3.63, 3.8) is 0 Å². The maximum atomic E-state index is 5.41. The van der Waals surface area contributed by atoms with Gasteiger partial charge in [-0.05, 0) is 26.7 Å². The second-order valence-corrected chi connectivity index (χ2v) is 4.00. The third kappa shape index (κ3) is 2.89. The molecule has 1 aromatic heterocycles. The number of anilines is 1. The highest BCUT2D eigenvalue weighted by Gasteiger charge is 2.14. The Morgan fingerprint density at radius 3 is 2.93 bits per heavy atom. The van der Waals surface area contributed by atoms with Gasteiger partial charge in [-0.2, -0.15) is 0 Å². The summed E-state index contributed by atoms with van der Waals surface area (Å²) in [4.78, 5) is 8.60. The molecular weight excluding hydrogens is 190 g/mol. The van der Waals surface area contributed by atoms with Gasteiger partial charge in [-0.25, -0.2) is 9.97 Å². The van der Waals surface area contributed by atoms with Crippen molar-refractivity contribution in [1.82, 2.24) is 9.97 Å². The Morgan fingerprint density at radius 2 is 2.27 bits per heavy atom. The minimum atomic E-state index is 0.396. The first kappa shape index (κ1) is 10.4. The Hall–Kier alpha value is -1.16. The first-order valence-electron chi connectivity index (χ1n) is 5.40. The van der Waals surface area contributed by atoms with E-state index in [9.17, 15) is 0 Å². The van der Waals surface area contributed by atoms with Crippen LogP contribution in [0.5, 0.6) is 0 Å². The lowest BCUT2D eigenvalue weighted by Crippen LogP contribution is -2.30. The van der Waals surface area contributed by atoms with E-state index in [4.69, 9.17) is 4.74 Å². The molecule has 15 heavy (non-hydrogen) atoms. The van der Waals surface area contributed by atoms with E-state index in [1.54, 1.807) is 0 Å². The average Bonchev–Trinajstić information content (AvgIpc) is 2.17. The van der Waals surface area contributed by atoms with E-state index in [1.807, 2.05) is 19.9 Å². The van der Waals surface area contributed by atoms with Crippen molar-refractivity contribution >= 4 is 5.82 Å². The maximum Gasteiger partial charge on any atom is 0.130 e. The number of hydrogen-bond acceptors (Lipinski definition) is 4. The van der Waals surface area contributed by atoms with Gasteiger partial charge in [-0.1, -0.05) is 0 Å². The van der Waals surface area contributed by atoms with Crippen LogP contribution in [0.15, 0.2) is 6.07 Å². The maximum absolute atomic E-state index is 5.41. The fourth-order valence-corrected chi connectivity index (χ4v) is 1.85. The van der Waals surface area contributed by atoms with Crippen LogP contribution in [0.3, 0.4) is 0 Å². The van der Waals surface area contributed by atoms with Crippen molar-refractivity contribution in [2.45, 2.75) is 32.7 Å². The number of nitrogens with one attached hydrogen (secondary N) is 1. The summed E-state index contributed by atoms with van der Waals surface area (Å²) in [7, 11) is 0. The Balaban J connectivity index is 2.02. The molecule has 1 N–H and O–H groups in total. The molecule has 1 aromatic rings. The predicted molar refractivity (Wildman–Crippen MR) is 59.0 cm³/mol. The molecule has 0 bridgehead atoms. The number of aryl methyl sites for hydroxylation is 2.